The molecule has 0 spiro atoms. The molecular formula is C16H19NOSi. The zero-order valence-electron chi connectivity index (χ0n) is 11.4. The zero-order chi connectivity index (χ0) is 13.7. The number of carbonyl (C=O) groups excluding carboxylic acids is 1. The summed E-state index contributed by atoms with van der Waals surface area (Å²) in [7, 11) is -0.659. The van der Waals surface area contributed by atoms with E-state index < -0.39 is 9.52 Å². The summed E-state index contributed by atoms with van der Waals surface area (Å²) in [5.41, 5.74) is 0.864. The maximum absolute atomic E-state index is 12.4. The van der Waals surface area contributed by atoms with Crippen LogP contribution in [0.25, 0.3) is 0 Å². The van der Waals surface area contributed by atoms with Crippen molar-refractivity contribution in [1.82, 2.24) is 0 Å². The molecule has 0 unspecified atom stereocenters. The number of amides is 1. The Bertz CT molecular complexity index is 537. The highest BCUT2D eigenvalue weighted by atomic mass is 28.2. The van der Waals surface area contributed by atoms with Crippen molar-refractivity contribution in [1.29, 1.82) is 0 Å². The van der Waals surface area contributed by atoms with Crippen molar-refractivity contribution < 1.29 is 4.79 Å². The lowest BCUT2D eigenvalue weighted by Gasteiger charge is -2.23. The molecule has 19 heavy (non-hydrogen) atoms. The molecule has 1 amide bonds. The molecule has 1 N–H and O–H groups in total. The van der Waals surface area contributed by atoms with Gasteiger partial charge in [-0.2, -0.15) is 0 Å². The highest BCUT2D eigenvalue weighted by molar-refractivity contribution is 6.61. The van der Waals surface area contributed by atoms with E-state index in [0.29, 0.717) is 0 Å². The molecular weight excluding hydrogens is 250 g/mol. The van der Waals surface area contributed by atoms with Gasteiger partial charge in [0.15, 0.2) is 0 Å². The fraction of sp³-hybridized carbons (Fsp3) is 0.188. The molecule has 3 heteroatoms. The lowest BCUT2D eigenvalue weighted by Crippen LogP contribution is -2.35. The number of benzene rings is 2. The first-order valence-electron chi connectivity index (χ1n) is 6.48. The van der Waals surface area contributed by atoms with Gasteiger partial charge in [0.2, 0.25) is 5.91 Å². The van der Waals surface area contributed by atoms with Gasteiger partial charge in [-0.05, 0) is 12.1 Å². The Balaban J connectivity index is 2.05. The third kappa shape index (κ3) is 3.79. The largest absolute Gasteiger partial charge is 0.326 e. The Morgan fingerprint density at radius 3 is 2.05 bits per heavy atom. The van der Waals surface area contributed by atoms with Crippen LogP contribution >= 0.6 is 0 Å². The second-order valence-electron chi connectivity index (χ2n) is 5.37. The van der Waals surface area contributed by atoms with Gasteiger partial charge in [-0.25, -0.2) is 0 Å². The molecule has 0 radical (unpaired) electrons. The summed E-state index contributed by atoms with van der Waals surface area (Å²) in [6.45, 7) is 4.06. The average Bonchev–Trinajstić information content (AvgIpc) is 2.40. The molecule has 0 aliphatic heterocycles. The van der Waals surface area contributed by atoms with E-state index in [4.69, 9.17) is 0 Å². The maximum Gasteiger partial charge on any atom is 0.227 e. The summed E-state index contributed by atoms with van der Waals surface area (Å²) >= 11 is 0. The van der Waals surface area contributed by atoms with E-state index in [9.17, 15) is 4.79 Å². The smallest absolute Gasteiger partial charge is 0.227 e. The number of hydrogen-bond donors (Lipinski definition) is 1. The molecule has 0 aliphatic rings. The lowest BCUT2D eigenvalue weighted by atomic mass is 10.2. The average molecular weight is 269 g/mol. The van der Waals surface area contributed by atoms with Crippen LogP contribution in [0.3, 0.4) is 0 Å². The Morgan fingerprint density at radius 2 is 1.47 bits per heavy atom. The molecule has 0 aliphatic carbocycles. The predicted octanol–water partition coefficient (Wildman–Crippen LogP) is 2.32. The lowest BCUT2D eigenvalue weighted by molar-refractivity contribution is -0.118. The summed E-state index contributed by atoms with van der Waals surface area (Å²) in [4.78, 5) is 12.4. The number of hydrogen-bond acceptors (Lipinski definition) is 1. The van der Waals surface area contributed by atoms with E-state index in [2.05, 4.69) is 17.4 Å². The molecule has 0 fully saturated rings. The van der Waals surface area contributed by atoms with E-state index in [0.717, 1.165) is 5.69 Å². The number of nitrogens with one attached hydrogen (secondary N) is 1. The van der Waals surface area contributed by atoms with Gasteiger partial charge in [0, 0.05) is 10.7 Å². The highest BCUT2D eigenvalue weighted by Gasteiger charge is 2.28. The predicted molar refractivity (Wildman–Crippen MR) is 83.7 cm³/mol. The van der Waals surface area contributed by atoms with Crippen LogP contribution in [0.1, 0.15) is 13.8 Å². The van der Waals surface area contributed by atoms with Gasteiger partial charge >= 0.3 is 0 Å². The maximum atomic E-state index is 12.4. The van der Waals surface area contributed by atoms with Crippen LogP contribution < -0.4 is 10.5 Å². The van der Waals surface area contributed by atoms with E-state index in [1.807, 2.05) is 62.4 Å². The first-order valence-corrected chi connectivity index (χ1v) is 7.90. The Hall–Kier alpha value is -1.87. The molecule has 98 valence electrons. The Morgan fingerprint density at radius 1 is 0.947 bits per heavy atom. The second-order valence-corrected chi connectivity index (χ2v) is 8.30. The number of anilines is 1. The normalized spacial score (nSPS) is 11.7. The van der Waals surface area contributed by atoms with Crippen LogP contribution in [-0.2, 0) is 4.79 Å². The van der Waals surface area contributed by atoms with Crippen LogP contribution in [0.5, 0.6) is 0 Å². The minimum Gasteiger partial charge on any atom is -0.326 e. The molecule has 2 nitrogen and oxygen atoms in total. The number of carbonyl (C=O) groups is 1. The SMILES string of the molecule is CC(C)([SiH2]c1ccccc1)C(=O)Nc1ccccc1. The van der Waals surface area contributed by atoms with Gasteiger partial charge in [-0.3, -0.25) is 4.79 Å². The van der Waals surface area contributed by atoms with Crippen LogP contribution in [0.15, 0.2) is 60.7 Å². The zero-order valence-corrected chi connectivity index (χ0v) is 12.8. The minimum atomic E-state index is -0.659. The Labute approximate surface area is 116 Å². The quantitative estimate of drug-likeness (QED) is 0.848. The van der Waals surface area contributed by atoms with Gasteiger partial charge in [0.1, 0.15) is 0 Å². The molecule has 0 bridgehead atoms. The van der Waals surface area contributed by atoms with E-state index in [-0.39, 0.29) is 10.9 Å². The molecule has 0 aromatic heterocycles. The van der Waals surface area contributed by atoms with Crippen molar-refractivity contribution in [3.63, 3.8) is 0 Å². The van der Waals surface area contributed by atoms with E-state index in [1.165, 1.54) is 5.19 Å². The van der Waals surface area contributed by atoms with Crippen molar-refractivity contribution in [2.75, 3.05) is 5.32 Å². The van der Waals surface area contributed by atoms with Gasteiger partial charge in [0.25, 0.3) is 0 Å². The summed E-state index contributed by atoms with van der Waals surface area (Å²) in [5, 5.41) is 4.02. The van der Waals surface area contributed by atoms with Crippen LogP contribution in [0.2, 0.25) is 5.04 Å². The highest BCUT2D eigenvalue weighted by Crippen LogP contribution is 2.24. The van der Waals surface area contributed by atoms with Crippen molar-refractivity contribution in [2.45, 2.75) is 18.9 Å². The summed E-state index contributed by atoms with van der Waals surface area (Å²) in [6, 6.07) is 19.9. The molecule has 2 aromatic rings. The Kier molecular flexibility index (Phi) is 4.17. The molecule has 2 rings (SSSR count). The monoisotopic (exact) mass is 269 g/mol. The summed E-state index contributed by atoms with van der Waals surface area (Å²) in [5.74, 6) is 0.106. The topological polar surface area (TPSA) is 29.1 Å². The number of rotatable bonds is 4. The molecule has 2 aromatic carbocycles. The summed E-state index contributed by atoms with van der Waals surface area (Å²) < 4.78 is 0. The molecule has 0 saturated carbocycles. The molecule has 0 atom stereocenters. The number of para-hydroxylation sites is 1. The van der Waals surface area contributed by atoms with Crippen molar-refractivity contribution in [2.24, 2.45) is 0 Å². The van der Waals surface area contributed by atoms with Crippen molar-refractivity contribution in [3.8, 4) is 0 Å². The fourth-order valence-electron chi connectivity index (χ4n) is 2.01. The first kappa shape index (κ1) is 13.6. The fourth-order valence-corrected chi connectivity index (χ4v) is 3.79. The third-order valence-electron chi connectivity index (χ3n) is 3.14. The van der Waals surface area contributed by atoms with Gasteiger partial charge in [0.05, 0.1) is 9.52 Å². The van der Waals surface area contributed by atoms with Gasteiger partial charge in [-0.1, -0.05) is 67.6 Å². The standard InChI is InChI=1S/C16H19NOSi/c1-16(2,19-14-11-7-4-8-12-14)15(18)17-13-9-5-3-6-10-13/h3-12H,19H2,1-2H3,(H,17,18). The second kappa shape index (κ2) is 5.84. The molecule has 0 heterocycles. The summed E-state index contributed by atoms with van der Waals surface area (Å²) in [6.07, 6.45) is 0. The van der Waals surface area contributed by atoms with E-state index >= 15 is 0 Å². The van der Waals surface area contributed by atoms with Crippen LogP contribution in [0.4, 0.5) is 5.69 Å². The van der Waals surface area contributed by atoms with Crippen molar-refractivity contribution in [3.05, 3.63) is 60.7 Å². The first-order chi connectivity index (χ1) is 9.08. The van der Waals surface area contributed by atoms with Gasteiger partial charge < -0.3 is 5.32 Å². The van der Waals surface area contributed by atoms with Crippen LogP contribution in [0, 0.1) is 0 Å². The minimum absolute atomic E-state index is 0.106. The van der Waals surface area contributed by atoms with Gasteiger partial charge in [-0.15, -0.1) is 0 Å². The van der Waals surface area contributed by atoms with Crippen LogP contribution in [-0.4, -0.2) is 15.4 Å². The van der Waals surface area contributed by atoms with E-state index in [1.54, 1.807) is 0 Å². The third-order valence-corrected chi connectivity index (χ3v) is 5.22. The van der Waals surface area contributed by atoms with Crippen molar-refractivity contribution >= 4 is 26.3 Å². The molecule has 0 saturated heterocycles.